The Morgan fingerprint density at radius 3 is 2.48 bits per heavy atom. The van der Waals surface area contributed by atoms with Crippen molar-refractivity contribution in [2.75, 3.05) is 0 Å². The lowest BCUT2D eigenvalue weighted by Gasteiger charge is -2.59. The molecular weight excluding hydrogens is 312 g/mol. The van der Waals surface area contributed by atoms with Crippen LogP contribution in [0.1, 0.15) is 79.1 Å². The monoisotopic (exact) mass is 344 g/mol. The van der Waals surface area contributed by atoms with Gasteiger partial charge in [0, 0.05) is 18.8 Å². The van der Waals surface area contributed by atoms with Crippen molar-refractivity contribution in [2.24, 2.45) is 28.6 Å². The lowest BCUT2D eigenvalue weighted by Crippen LogP contribution is -2.55. The summed E-state index contributed by atoms with van der Waals surface area (Å²) in [4.78, 5) is 23.6. The van der Waals surface area contributed by atoms with E-state index in [0.29, 0.717) is 23.5 Å². The summed E-state index contributed by atoms with van der Waals surface area (Å²) in [6.07, 6.45) is 10.5. The molecular formula is C22H32O3. The number of hydrogen-bond donors (Lipinski definition) is 0. The molecule has 3 nitrogen and oxygen atoms in total. The quantitative estimate of drug-likeness (QED) is 0.639. The summed E-state index contributed by atoms with van der Waals surface area (Å²) < 4.78 is 5.90. The van der Waals surface area contributed by atoms with Gasteiger partial charge in [0.25, 0.3) is 0 Å². The molecule has 0 amide bonds. The second-order valence-electron chi connectivity index (χ2n) is 9.79. The normalized spacial score (nSPS) is 48.9. The molecule has 4 rings (SSSR count). The molecule has 0 radical (unpaired) electrons. The van der Waals surface area contributed by atoms with Crippen LogP contribution in [0.3, 0.4) is 0 Å². The molecule has 0 aliphatic heterocycles. The fourth-order valence-electron chi connectivity index (χ4n) is 7.27. The first-order chi connectivity index (χ1) is 11.7. The Morgan fingerprint density at radius 1 is 1.04 bits per heavy atom. The Morgan fingerprint density at radius 2 is 1.76 bits per heavy atom. The smallest absolute Gasteiger partial charge is 0.303 e. The van der Waals surface area contributed by atoms with Crippen LogP contribution >= 0.6 is 0 Å². The molecule has 0 saturated heterocycles. The Balaban J connectivity index is 1.66. The van der Waals surface area contributed by atoms with Crippen LogP contribution in [0.5, 0.6) is 0 Å². The minimum atomic E-state index is -0.311. The van der Waals surface area contributed by atoms with Gasteiger partial charge in [0.15, 0.2) is 5.78 Å². The second-order valence-corrected chi connectivity index (χ2v) is 9.79. The van der Waals surface area contributed by atoms with Crippen molar-refractivity contribution < 1.29 is 14.3 Å². The topological polar surface area (TPSA) is 43.4 Å². The number of hydrogen-bond acceptors (Lipinski definition) is 3. The molecule has 138 valence electrons. The molecule has 0 aromatic carbocycles. The number of esters is 1. The van der Waals surface area contributed by atoms with Crippen LogP contribution in [0.4, 0.5) is 0 Å². The van der Waals surface area contributed by atoms with Gasteiger partial charge in [-0.25, -0.2) is 0 Å². The van der Waals surface area contributed by atoms with E-state index in [-0.39, 0.29) is 22.4 Å². The van der Waals surface area contributed by atoms with E-state index in [1.54, 1.807) is 6.92 Å². The number of fused-ring (bicyclic) bond motifs is 5. The van der Waals surface area contributed by atoms with Gasteiger partial charge in [-0.1, -0.05) is 19.4 Å². The highest BCUT2D eigenvalue weighted by atomic mass is 16.6. The molecule has 0 heterocycles. The summed E-state index contributed by atoms with van der Waals surface area (Å²) in [5.74, 6) is 2.24. The zero-order chi connectivity index (χ0) is 18.0. The van der Waals surface area contributed by atoms with Gasteiger partial charge in [-0.05, 0) is 81.1 Å². The molecule has 0 spiro atoms. The van der Waals surface area contributed by atoms with Crippen LogP contribution < -0.4 is 0 Å². The Hall–Kier alpha value is -1.12. The van der Waals surface area contributed by atoms with Crippen molar-refractivity contribution in [3.05, 3.63) is 11.6 Å². The van der Waals surface area contributed by atoms with Gasteiger partial charge in [0.05, 0.1) is 0 Å². The predicted octanol–water partition coefficient (Wildman–Crippen LogP) is 4.84. The summed E-state index contributed by atoms with van der Waals surface area (Å²) in [7, 11) is 0. The van der Waals surface area contributed by atoms with E-state index in [0.717, 1.165) is 32.1 Å². The fourth-order valence-corrected chi connectivity index (χ4v) is 7.27. The third-order valence-corrected chi connectivity index (χ3v) is 8.86. The summed E-state index contributed by atoms with van der Waals surface area (Å²) in [6, 6.07) is 0. The highest BCUT2D eigenvalue weighted by Crippen LogP contribution is 2.68. The van der Waals surface area contributed by atoms with Crippen LogP contribution in [0.15, 0.2) is 11.6 Å². The average Bonchev–Trinajstić information content (AvgIpc) is 2.79. The maximum Gasteiger partial charge on any atom is 0.303 e. The molecule has 4 aliphatic rings. The maximum absolute atomic E-state index is 11.9. The molecule has 0 N–H and O–H groups in total. The molecule has 6 atom stereocenters. The molecule has 0 aromatic rings. The summed E-state index contributed by atoms with van der Waals surface area (Å²) in [5, 5.41) is 0. The number of ether oxygens (including phenoxy) is 1. The average molecular weight is 344 g/mol. The summed E-state index contributed by atoms with van der Waals surface area (Å²) >= 11 is 0. The van der Waals surface area contributed by atoms with Crippen LogP contribution in [-0.4, -0.2) is 17.4 Å². The minimum Gasteiger partial charge on any atom is -0.459 e. The van der Waals surface area contributed by atoms with E-state index in [9.17, 15) is 9.59 Å². The lowest BCUT2D eigenvalue weighted by molar-refractivity contribution is -0.177. The molecule has 0 bridgehead atoms. The van der Waals surface area contributed by atoms with Crippen molar-refractivity contribution in [3.63, 3.8) is 0 Å². The van der Waals surface area contributed by atoms with Crippen LogP contribution in [0.25, 0.3) is 0 Å². The number of rotatable bonds is 1. The van der Waals surface area contributed by atoms with E-state index in [1.165, 1.54) is 24.8 Å². The molecule has 3 fully saturated rings. The molecule has 4 aliphatic carbocycles. The first-order valence-electron chi connectivity index (χ1n) is 10.1. The van der Waals surface area contributed by atoms with Crippen molar-refractivity contribution in [1.82, 2.24) is 0 Å². The standard InChI is InChI=1S/C22H32O3/c1-14(23)25-22(4)12-9-19-17-6-5-15-13-16(24)7-10-20(15,2)18(17)8-11-21(19,22)3/h13,17-19H,5-12H2,1-4H3. The molecule has 6 unspecified atom stereocenters. The van der Waals surface area contributed by atoms with Crippen LogP contribution in [0, 0.1) is 28.6 Å². The first-order valence-corrected chi connectivity index (χ1v) is 10.1. The predicted molar refractivity (Wildman–Crippen MR) is 96.9 cm³/mol. The van der Waals surface area contributed by atoms with Gasteiger partial charge in [-0.15, -0.1) is 0 Å². The number of carbonyl (C=O) groups excluding carboxylic acids is 2. The van der Waals surface area contributed by atoms with Gasteiger partial charge in [-0.2, -0.15) is 0 Å². The van der Waals surface area contributed by atoms with Gasteiger partial charge in [0.1, 0.15) is 5.60 Å². The maximum atomic E-state index is 11.9. The number of carbonyl (C=O) groups is 2. The van der Waals surface area contributed by atoms with Gasteiger partial charge < -0.3 is 4.74 Å². The fraction of sp³-hybridized carbons (Fsp3) is 0.818. The van der Waals surface area contributed by atoms with Crippen molar-refractivity contribution in [1.29, 1.82) is 0 Å². The minimum absolute atomic E-state index is 0.0991. The molecule has 3 heteroatoms. The van der Waals surface area contributed by atoms with Crippen LogP contribution in [0.2, 0.25) is 0 Å². The zero-order valence-corrected chi connectivity index (χ0v) is 16.2. The highest BCUT2D eigenvalue weighted by molar-refractivity contribution is 5.91. The van der Waals surface area contributed by atoms with E-state index < -0.39 is 0 Å². The third-order valence-electron chi connectivity index (χ3n) is 8.86. The van der Waals surface area contributed by atoms with Gasteiger partial charge in [0.2, 0.25) is 0 Å². The van der Waals surface area contributed by atoms with Gasteiger partial charge >= 0.3 is 5.97 Å². The summed E-state index contributed by atoms with van der Waals surface area (Å²) in [6.45, 7) is 8.52. The van der Waals surface area contributed by atoms with E-state index in [4.69, 9.17) is 4.74 Å². The number of allylic oxidation sites excluding steroid dienone is 1. The first kappa shape index (κ1) is 17.3. The highest BCUT2D eigenvalue weighted by Gasteiger charge is 2.64. The Bertz CT molecular complexity index is 650. The molecule has 25 heavy (non-hydrogen) atoms. The van der Waals surface area contributed by atoms with Crippen molar-refractivity contribution in [3.8, 4) is 0 Å². The summed E-state index contributed by atoms with van der Waals surface area (Å²) in [5.41, 5.74) is 1.43. The van der Waals surface area contributed by atoms with E-state index in [2.05, 4.69) is 20.8 Å². The van der Waals surface area contributed by atoms with Gasteiger partial charge in [-0.3, -0.25) is 9.59 Å². The van der Waals surface area contributed by atoms with Crippen molar-refractivity contribution >= 4 is 11.8 Å². The Labute approximate surface area is 151 Å². The molecule has 0 aromatic heterocycles. The van der Waals surface area contributed by atoms with Crippen LogP contribution in [-0.2, 0) is 14.3 Å². The third kappa shape index (κ3) is 2.30. The largest absolute Gasteiger partial charge is 0.459 e. The second kappa shape index (κ2) is 5.44. The lowest BCUT2D eigenvalue weighted by atomic mass is 9.46. The van der Waals surface area contributed by atoms with Crippen molar-refractivity contribution in [2.45, 2.75) is 84.7 Å². The van der Waals surface area contributed by atoms with E-state index >= 15 is 0 Å². The molecule has 3 saturated carbocycles. The SMILES string of the molecule is CC(=O)OC1(C)CCC2C3CCC4=CC(=O)CCC4(C)C3CCC21C. The Kier molecular flexibility index (Phi) is 3.76. The number of ketones is 1. The zero-order valence-electron chi connectivity index (χ0n) is 16.2. The van der Waals surface area contributed by atoms with E-state index in [1.807, 2.05) is 6.08 Å².